The van der Waals surface area contributed by atoms with Gasteiger partial charge in [0.05, 0.1) is 6.61 Å². The Morgan fingerprint density at radius 1 is 1.47 bits per heavy atom. The second kappa shape index (κ2) is 5.99. The average molecular weight is 228 g/mol. The van der Waals surface area contributed by atoms with Crippen molar-refractivity contribution < 1.29 is 4.74 Å². The van der Waals surface area contributed by atoms with Crippen LogP contribution in [0.25, 0.3) is 0 Å². The summed E-state index contributed by atoms with van der Waals surface area (Å²) in [6.45, 7) is 4.65. The first-order chi connectivity index (χ1) is 7.13. The molecule has 1 aromatic carbocycles. The van der Waals surface area contributed by atoms with Crippen molar-refractivity contribution in [2.24, 2.45) is 5.73 Å². The lowest BCUT2D eigenvalue weighted by molar-refractivity contribution is 0.336. The lowest BCUT2D eigenvalue weighted by Gasteiger charge is -2.11. The summed E-state index contributed by atoms with van der Waals surface area (Å²) in [7, 11) is 0. The molecule has 2 N–H and O–H groups in total. The van der Waals surface area contributed by atoms with E-state index >= 15 is 0 Å². The van der Waals surface area contributed by atoms with Crippen LogP contribution in [0.4, 0.5) is 0 Å². The number of hydrogen-bond donors (Lipinski definition) is 1. The van der Waals surface area contributed by atoms with E-state index < -0.39 is 0 Å². The van der Waals surface area contributed by atoms with Gasteiger partial charge in [-0.15, -0.1) is 0 Å². The Balaban J connectivity index is 2.77. The van der Waals surface area contributed by atoms with Crippen LogP contribution in [0.3, 0.4) is 0 Å². The summed E-state index contributed by atoms with van der Waals surface area (Å²) < 4.78 is 5.52. The first kappa shape index (κ1) is 12.3. The lowest BCUT2D eigenvalue weighted by Crippen LogP contribution is -2.15. The van der Waals surface area contributed by atoms with Crippen LogP contribution in [-0.2, 0) is 6.42 Å². The molecule has 2 nitrogen and oxygen atoms in total. The number of ether oxygens (including phenoxy) is 1. The minimum Gasteiger partial charge on any atom is -0.494 e. The molecule has 0 spiro atoms. The van der Waals surface area contributed by atoms with Crippen molar-refractivity contribution in [1.82, 2.24) is 0 Å². The SMILES string of the molecule is CCOc1ccc(Cl)cc1CCC(C)N. The van der Waals surface area contributed by atoms with Gasteiger partial charge in [0, 0.05) is 11.1 Å². The Kier molecular flexibility index (Phi) is 4.92. The van der Waals surface area contributed by atoms with Crippen molar-refractivity contribution >= 4 is 11.6 Å². The largest absolute Gasteiger partial charge is 0.494 e. The normalized spacial score (nSPS) is 12.5. The maximum Gasteiger partial charge on any atom is 0.122 e. The topological polar surface area (TPSA) is 35.2 Å². The summed E-state index contributed by atoms with van der Waals surface area (Å²) in [5, 5.41) is 0.748. The van der Waals surface area contributed by atoms with E-state index in [9.17, 15) is 0 Å². The number of aryl methyl sites for hydroxylation is 1. The van der Waals surface area contributed by atoms with Crippen LogP contribution in [0.15, 0.2) is 18.2 Å². The smallest absolute Gasteiger partial charge is 0.122 e. The van der Waals surface area contributed by atoms with Gasteiger partial charge in [0.2, 0.25) is 0 Å². The van der Waals surface area contributed by atoms with E-state index in [2.05, 4.69) is 0 Å². The molecule has 0 aromatic heterocycles. The van der Waals surface area contributed by atoms with E-state index in [0.717, 1.165) is 29.2 Å². The third-order valence-electron chi connectivity index (χ3n) is 2.19. The van der Waals surface area contributed by atoms with Gasteiger partial charge in [0.15, 0.2) is 0 Å². The van der Waals surface area contributed by atoms with Gasteiger partial charge in [-0.1, -0.05) is 11.6 Å². The molecule has 1 aromatic rings. The molecule has 0 saturated carbocycles. The summed E-state index contributed by atoms with van der Waals surface area (Å²) in [6, 6.07) is 5.93. The summed E-state index contributed by atoms with van der Waals surface area (Å²) in [4.78, 5) is 0. The average Bonchev–Trinajstić information content (AvgIpc) is 2.18. The van der Waals surface area contributed by atoms with E-state index in [0.29, 0.717) is 6.61 Å². The highest BCUT2D eigenvalue weighted by Gasteiger charge is 2.05. The first-order valence-corrected chi connectivity index (χ1v) is 5.68. The van der Waals surface area contributed by atoms with Crippen LogP contribution in [0, 0.1) is 0 Å². The molecule has 0 aliphatic carbocycles. The van der Waals surface area contributed by atoms with Crippen LogP contribution < -0.4 is 10.5 Å². The van der Waals surface area contributed by atoms with Crippen LogP contribution in [-0.4, -0.2) is 12.6 Å². The van der Waals surface area contributed by atoms with Gasteiger partial charge in [-0.25, -0.2) is 0 Å². The van der Waals surface area contributed by atoms with Gasteiger partial charge in [0.25, 0.3) is 0 Å². The van der Waals surface area contributed by atoms with Gasteiger partial charge in [0.1, 0.15) is 5.75 Å². The molecular formula is C12H18ClNO. The fourth-order valence-corrected chi connectivity index (χ4v) is 1.62. The number of nitrogens with two attached hydrogens (primary N) is 1. The molecule has 1 atom stereocenters. The maximum absolute atomic E-state index is 5.95. The van der Waals surface area contributed by atoms with Crippen LogP contribution in [0.5, 0.6) is 5.75 Å². The van der Waals surface area contributed by atoms with E-state index in [1.165, 1.54) is 0 Å². The Bertz CT molecular complexity index is 312. The maximum atomic E-state index is 5.95. The van der Waals surface area contributed by atoms with Crippen molar-refractivity contribution in [3.05, 3.63) is 28.8 Å². The zero-order valence-corrected chi connectivity index (χ0v) is 10.1. The molecule has 0 heterocycles. The van der Waals surface area contributed by atoms with Crippen molar-refractivity contribution in [1.29, 1.82) is 0 Å². The van der Waals surface area contributed by atoms with Crippen molar-refractivity contribution in [2.75, 3.05) is 6.61 Å². The Morgan fingerprint density at radius 3 is 2.80 bits per heavy atom. The van der Waals surface area contributed by atoms with Gasteiger partial charge in [-0.05, 0) is 50.5 Å². The third kappa shape index (κ3) is 4.10. The molecule has 1 rings (SSSR count). The van der Waals surface area contributed by atoms with E-state index in [-0.39, 0.29) is 6.04 Å². The second-order valence-electron chi connectivity index (χ2n) is 3.70. The van der Waals surface area contributed by atoms with E-state index in [1.54, 1.807) is 0 Å². The zero-order chi connectivity index (χ0) is 11.3. The molecule has 0 saturated heterocycles. The number of hydrogen-bond acceptors (Lipinski definition) is 2. The van der Waals surface area contributed by atoms with Crippen molar-refractivity contribution in [2.45, 2.75) is 32.7 Å². The first-order valence-electron chi connectivity index (χ1n) is 5.30. The zero-order valence-electron chi connectivity index (χ0n) is 9.29. The molecule has 0 fully saturated rings. The van der Waals surface area contributed by atoms with E-state index in [4.69, 9.17) is 22.1 Å². The third-order valence-corrected chi connectivity index (χ3v) is 2.43. The van der Waals surface area contributed by atoms with Crippen LogP contribution in [0.1, 0.15) is 25.8 Å². The number of rotatable bonds is 5. The molecule has 0 radical (unpaired) electrons. The molecule has 0 aliphatic heterocycles. The Hall–Kier alpha value is -0.730. The minimum atomic E-state index is 0.207. The minimum absolute atomic E-state index is 0.207. The highest BCUT2D eigenvalue weighted by Crippen LogP contribution is 2.24. The van der Waals surface area contributed by atoms with Crippen molar-refractivity contribution in [3.63, 3.8) is 0 Å². The second-order valence-corrected chi connectivity index (χ2v) is 4.14. The fraction of sp³-hybridized carbons (Fsp3) is 0.500. The van der Waals surface area contributed by atoms with Gasteiger partial charge in [-0.3, -0.25) is 0 Å². The lowest BCUT2D eigenvalue weighted by atomic mass is 10.1. The molecule has 15 heavy (non-hydrogen) atoms. The standard InChI is InChI=1S/C12H18ClNO/c1-3-15-12-7-6-11(13)8-10(12)5-4-9(2)14/h6-9H,3-5,14H2,1-2H3. The predicted octanol–water partition coefficient (Wildman–Crippen LogP) is 3.02. The monoisotopic (exact) mass is 227 g/mol. The molecular weight excluding hydrogens is 210 g/mol. The van der Waals surface area contributed by atoms with E-state index in [1.807, 2.05) is 32.0 Å². The summed E-state index contributed by atoms with van der Waals surface area (Å²) >= 11 is 5.95. The highest BCUT2D eigenvalue weighted by molar-refractivity contribution is 6.30. The Morgan fingerprint density at radius 2 is 2.20 bits per heavy atom. The molecule has 1 unspecified atom stereocenters. The predicted molar refractivity (Wildman–Crippen MR) is 64.6 cm³/mol. The quantitative estimate of drug-likeness (QED) is 0.839. The summed E-state index contributed by atoms with van der Waals surface area (Å²) in [5.74, 6) is 0.919. The molecule has 84 valence electrons. The van der Waals surface area contributed by atoms with Crippen molar-refractivity contribution in [3.8, 4) is 5.75 Å². The van der Waals surface area contributed by atoms with Crippen LogP contribution in [0.2, 0.25) is 5.02 Å². The van der Waals surface area contributed by atoms with Gasteiger partial charge >= 0.3 is 0 Å². The Labute approximate surface area is 96.4 Å². The van der Waals surface area contributed by atoms with Gasteiger partial charge in [-0.2, -0.15) is 0 Å². The number of benzene rings is 1. The highest BCUT2D eigenvalue weighted by atomic mass is 35.5. The molecule has 0 bridgehead atoms. The fourth-order valence-electron chi connectivity index (χ4n) is 1.42. The molecule has 0 aliphatic rings. The van der Waals surface area contributed by atoms with Gasteiger partial charge < -0.3 is 10.5 Å². The number of halogens is 1. The summed E-state index contributed by atoms with van der Waals surface area (Å²) in [6.07, 6.45) is 1.86. The van der Waals surface area contributed by atoms with Crippen LogP contribution >= 0.6 is 11.6 Å². The molecule has 0 amide bonds. The summed E-state index contributed by atoms with van der Waals surface area (Å²) in [5.41, 5.74) is 6.87. The molecule has 3 heteroatoms.